The molecule has 1 nitrogen and oxygen atoms in total. The van der Waals surface area contributed by atoms with Gasteiger partial charge in [-0.3, -0.25) is 0 Å². The second-order valence-electron chi connectivity index (χ2n) is 2.30. The zero-order valence-electron chi connectivity index (χ0n) is 7.15. The summed E-state index contributed by atoms with van der Waals surface area (Å²) in [6.07, 6.45) is -4.39. The SMILES string of the molecule is [2H]c1cc(C(F)(F)F)ccc1CN. The van der Waals surface area contributed by atoms with Crippen LogP contribution in [0.25, 0.3) is 0 Å². The Balaban J connectivity index is 3.10. The van der Waals surface area contributed by atoms with E-state index in [4.69, 9.17) is 7.10 Å². The molecule has 0 amide bonds. The van der Waals surface area contributed by atoms with E-state index in [2.05, 4.69) is 0 Å². The summed E-state index contributed by atoms with van der Waals surface area (Å²) < 4.78 is 43.5. The fourth-order valence-electron chi connectivity index (χ4n) is 0.760. The van der Waals surface area contributed by atoms with Gasteiger partial charge in [0.15, 0.2) is 0 Å². The molecule has 0 heterocycles. The molecule has 0 atom stereocenters. The lowest BCUT2D eigenvalue weighted by atomic mass is 10.1. The Bertz CT molecular complexity index is 309. The Morgan fingerprint density at radius 2 is 2.00 bits per heavy atom. The Morgan fingerprint density at radius 1 is 1.33 bits per heavy atom. The van der Waals surface area contributed by atoms with Crippen LogP contribution in [0.4, 0.5) is 13.2 Å². The van der Waals surface area contributed by atoms with Crippen molar-refractivity contribution in [1.29, 1.82) is 0 Å². The van der Waals surface area contributed by atoms with Crippen LogP contribution in [-0.4, -0.2) is 0 Å². The lowest BCUT2D eigenvalue weighted by Crippen LogP contribution is -2.05. The number of benzene rings is 1. The van der Waals surface area contributed by atoms with E-state index >= 15 is 0 Å². The fourth-order valence-corrected chi connectivity index (χ4v) is 0.760. The van der Waals surface area contributed by atoms with E-state index in [1.807, 2.05) is 0 Å². The fraction of sp³-hybridized carbons (Fsp3) is 0.250. The molecule has 0 bridgehead atoms. The molecule has 0 fully saturated rings. The van der Waals surface area contributed by atoms with E-state index in [0.29, 0.717) is 5.56 Å². The molecule has 4 heteroatoms. The van der Waals surface area contributed by atoms with E-state index in [1.165, 1.54) is 6.07 Å². The second-order valence-corrected chi connectivity index (χ2v) is 2.30. The average Bonchev–Trinajstić information content (AvgIpc) is 2.02. The third kappa shape index (κ3) is 1.98. The van der Waals surface area contributed by atoms with Crippen molar-refractivity contribution >= 4 is 0 Å². The van der Waals surface area contributed by atoms with Crippen molar-refractivity contribution in [3.05, 3.63) is 35.4 Å². The molecule has 0 aliphatic carbocycles. The van der Waals surface area contributed by atoms with Crippen LogP contribution in [0.5, 0.6) is 0 Å². The maximum absolute atomic E-state index is 12.1. The van der Waals surface area contributed by atoms with Gasteiger partial charge in [0.05, 0.1) is 6.93 Å². The first kappa shape index (κ1) is 7.61. The van der Waals surface area contributed by atoms with Gasteiger partial charge in [0.1, 0.15) is 0 Å². The van der Waals surface area contributed by atoms with Crippen LogP contribution in [0.3, 0.4) is 0 Å². The summed E-state index contributed by atoms with van der Waals surface area (Å²) >= 11 is 0. The molecule has 0 saturated heterocycles. The highest BCUT2D eigenvalue weighted by Gasteiger charge is 2.29. The molecule has 0 aliphatic heterocycles. The molecule has 1 aromatic rings. The predicted octanol–water partition coefficient (Wildman–Crippen LogP) is 2.16. The molecule has 0 unspecified atom stereocenters. The number of hydrogen-bond donors (Lipinski definition) is 1. The second kappa shape index (κ2) is 3.15. The minimum atomic E-state index is -4.39. The van der Waals surface area contributed by atoms with Crippen molar-refractivity contribution in [2.24, 2.45) is 5.73 Å². The molecule has 0 saturated carbocycles. The highest BCUT2D eigenvalue weighted by Crippen LogP contribution is 2.28. The van der Waals surface area contributed by atoms with E-state index in [0.717, 1.165) is 12.1 Å². The van der Waals surface area contributed by atoms with Crippen LogP contribution >= 0.6 is 0 Å². The Kier molecular flexibility index (Phi) is 1.99. The van der Waals surface area contributed by atoms with Gasteiger partial charge < -0.3 is 5.73 Å². The van der Waals surface area contributed by atoms with Gasteiger partial charge in [-0.1, -0.05) is 12.1 Å². The number of alkyl halides is 3. The summed E-state index contributed by atoms with van der Waals surface area (Å²) in [5, 5.41) is 0. The van der Waals surface area contributed by atoms with Crippen LogP contribution in [0.2, 0.25) is 0 Å². The Morgan fingerprint density at radius 3 is 2.42 bits per heavy atom. The molecule has 1 aromatic carbocycles. The standard InChI is InChI=1S/C8H8F3N/c9-8(10,11)7-3-1-6(5-12)2-4-7/h1-4H,5,12H2/i1D. The molecule has 12 heavy (non-hydrogen) atoms. The zero-order chi connectivity index (χ0) is 10.1. The maximum atomic E-state index is 12.1. The first-order valence-corrected chi connectivity index (χ1v) is 3.32. The summed E-state index contributed by atoms with van der Waals surface area (Å²) in [7, 11) is 0. The third-order valence-corrected chi connectivity index (χ3v) is 1.42. The predicted molar refractivity (Wildman–Crippen MR) is 39.3 cm³/mol. The normalized spacial score (nSPS) is 12.8. The summed E-state index contributed by atoms with van der Waals surface area (Å²) in [5.41, 5.74) is 4.81. The quantitative estimate of drug-likeness (QED) is 0.697. The molecular formula is C8H8F3N. The van der Waals surface area contributed by atoms with Gasteiger partial charge in [0, 0.05) is 6.54 Å². The first-order valence-electron chi connectivity index (χ1n) is 3.82. The lowest BCUT2D eigenvalue weighted by Gasteiger charge is -2.06. The van der Waals surface area contributed by atoms with Gasteiger partial charge in [0.25, 0.3) is 0 Å². The number of hydrogen-bond acceptors (Lipinski definition) is 1. The molecule has 0 radical (unpaired) electrons. The van der Waals surface area contributed by atoms with E-state index in [9.17, 15) is 13.2 Å². The molecule has 2 N–H and O–H groups in total. The van der Waals surface area contributed by atoms with Crippen molar-refractivity contribution in [1.82, 2.24) is 0 Å². The van der Waals surface area contributed by atoms with Crippen molar-refractivity contribution in [2.45, 2.75) is 12.7 Å². The third-order valence-electron chi connectivity index (χ3n) is 1.42. The van der Waals surface area contributed by atoms with E-state index in [-0.39, 0.29) is 12.6 Å². The molecule has 0 aromatic heterocycles. The largest absolute Gasteiger partial charge is 0.416 e. The van der Waals surface area contributed by atoms with Crippen LogP contribution in [-0.2, 0) is 12.7 Å². The van der Waals surface area contributed by atoms with Crippen molar-refractivity contribution in [3.63, 3.8) is 0 Å². The maximum Gasteiger partial charge on any atom is 0.416 e. The van der Waals surface area contributed by atoms with Crippen LogP contribution in [0.15, 0.2) is 24.2 Å². The van der Waals surface area contributed by atoms with Gasteiger partial charge in [-0.15, -0.1) is 0 Å². The highest BCUT2D eigenvalue weighted by molar-refractivity contribution is 5.24. The monoisotopic (exact) mass is 176 g/mol. The molecule has 1 rings (SSSR count). The van der Waals surface area contributed by atoms with Gasteiger partial charge in [-0.05, 0) is 17.7 Å². The molecule has 0 aliphatic rings. The molecular weight excluding hydrogens is 167 g/mol. The summed E-state index contributed by atoms with van der Waals surface area (Å²) in [6, 6.07) is 2.77. The van der Waals surface area contributed by atoms with E-state index < -0.39 is 11.7 Å². The van der Waals surface area contributed by atoms with Gasteiger partial charge in [-0.2, -0.15) is 13.2 Å². The topological polar surface area (TPSA) is 26.0 Å². The Labute approximate surface area is 69.4 Å². The average molecular weight is 176 g/mol. The van der Waals surface area contributed by atoms with Crippen molar-refractivity contribution in [2.75, 3.05) is 0 Å². The zero-order valence-corrected chi connectivity index (χ0v) is 6.15. The minimum absolute atomic E-state index is 0.0803. The van der Waals surface area contributed by atoms with Crippen LogP contribution < -0.4 is 5.73 Å². The number of rotatable bonds is 1. The van der Waals surface area contributed by atoms with E-state index in [1.54, 1.807) is 0 Å². The molecule has 0 spiro atoms. The smallest absolute Gasteiger partial charge is 0.326 e. The van der Waals surface area contributed by atoms with Gasteiger partial charge in [-0.25, -0.2) is 0 Å². The molecule has 66 valence electrons. The highest BCUT2D eigenvalue weighted by atomic mass is 19.4. The number of halogens is 3. The number of nitrogens with two attached hydrogens (primary N) is 1. The first-order chi connectivity index (χ1) is 5.95. The summed E-state index contributed by atoms with van der Waals surface area (Å²) in [6.45, 7) is 0.0803. The summed E-state index contributed by atoms with van der Waals surface area (Å²) in [5.74, 6) is 0. The minimum Gasteiger partial charge on any atom is -0.326 e. The van der Waals surface area contributed by atoms with Crippen molar-refractivity contribution in [3.8, 4) is 0 Å². The van der Waals surface area contributed by atoms with Gasteiger partial charge in [0.2, 0.25) is 0 Å². The van der Waals surface area contributed by atoms with Crippen molar-refractivity contribution < 1.29 is 14.5 Å². The summed E-state index contributed by atoms with van der Waals surface area (Å²) in [4.78, 5) is 0. The van der Waals surface area contributed by atoms with Crippen LogP contribution in [0, 0.1) is 0 Å². The van der Waals surface area contributed by atoms with Gasteiger partial charge >= 0.3 is 6.18 Å². The Hall–Kier alpha value is -1.03. The van der Waals surface area contributed by atoms with Crippen LogP contribution in [0.1, 0.15) is 12.5 Å². The lowest BCUT2D eigenvalue weighted by molar-refractivity contribution is -0.137.